The van der Waals surface area contributed by atoms with Crippen molar-refractivity contribution in [3.8, 4) is 5.75 Å². The SMILES string of the molecule is COc1cccc(CNCC(=O)NC2CCCCC2)c1. The van der Waals surface area contributed by atoms with Crippen LogP contribution in [0.1, 0.15) is 37.7 Å². The summed E-state index contributed by atoms with van der Waals surface area (Å²) in [6.45, 7) is 1.04. The zero-order valence-electron chi connectivity index (χ0n) is 12.2. The molecule has 1 fully saturated rings. The topological polar surface area (TPSA) is 50.4 Å². The van der Waals surface area contributed by atoms with Crippen LogP contribution in [0.4, 0.5) is 0 Å². The summed E-state index contributed by atoms with van der Waals surface area (Å²) in [6, 6.07) is 8.26. The van der Waals surface area contributed by atoms with Gasteiger partial charge in [-0.15, -0.1) is 0 Å². The van der Waals surface area contributed by atoms with Crippen LogP contribution >= 0.6 is 0 Å². The van der Waals surface area contributed by atoms with Gasteiger partial charge < -0.3 is 15.4 Å². The Labute approximate surface area is 120 Å². The largest absolute Gasteiger partial charge is 0.497 e. The number of hydrogen-bond acceptors (Lipinski definition) is 3. The zero-order chi connectivity index (χ0) is 14.2. The van der Waals surface area contributed by atoms with Crippen molar-refractivity contribution >= 4 is 5.91 Å². The Morgan fingerprint density at radius 2 is 2.10 bits per heavy atom. The Morgan fingerprint density at radius 1 is 1.30 bits per heavy atom. The second kappa shape index (κ2) is 7.90. The van der Waals surface area contributed by atoms with Crippen LogP contribution in [0, 0.1) is 0 Å². The van der Waals surface area contributed by atoms with Gasteiger partial charge in [-0.05, 0) is 30.5 Å². The van der Waals surface area contributed by atoms with Crippen molar-refractivity contribution in [2.24, 2.45) is 0 Å². The van der Waals surface area contributed by atoms with E-state index in [2.05, 4.69) is 10.6 Å². The monoisotopic (exact) mass is 276 g/mol. The van der Waals surface area contributed by atoms with Crippen molar-refractivity contribution < 1.29 is 9.53 Å². The van der Waals surface area contributed by atoms with Crippen molar-refractivity contribution in [1.82, 2.24) is 10.6 Å². The van der Waals surface area contributed by atoms with Gasteiger partial charge in [0.1, 0.15) is 5.75 Å². The molecule has 1 aliphatic rings. The van der Waals surface area contributed by atoms with E-state index in [1.807, 2.05) is 24.3 Å². The number of benzene rings is 1. The first-order valence-corrected chi connectivity index (χ1v) is 7.41. The Bertz CT molecular complexity index is 428. The van der Waals surface area contributed by atoms with Crippen LogP contribution in [0.5, 0.6) is 5.75 Å². The van der Waals surface area contributed by atoms with Gasteiger partial charge in [0, 0.05) is 12.6 Å². The lowest BCUT2D eigenvalue weighted by Gasteiger charge is -2.22. The normalized spacial score (nSPS) is 15.8. The molecule has 2 N–H and O–H groups in total. The van der Waals surface area contributed by atoms with E-state index in [0.717, 1.165) is 24.2 Å². The molecule has 0 bridgehead atoms. The van der Waals surface area contributed by atoms with Gasteiger partial charge >= 0.3 is 0 Å². The highest BCUT2D eigenvalue weighted by Crippen LogP contribution is 2.17. The predicted molar refractivity (Wildman–Crippen MR) is 79.7 cm³/mol. The molecule has 0 aromatic heterocycles. The number of ether oxygens (including phenoxy) is 1. The van der Waals surface area contributed by atoms with Crippen molar-refractivity contribution in [1.29, 1.82) is 0 Å². The molecule has 1 aliphatic carbocycles. The molecule has 0 radical (unpaired) electrons. The van der Waals surface area contributed by atoms with E-state index in [-0.39, 0.29) is 5.91 Å². The number of carbonyl (C=O) groups excluding carboxylic acids is 1. The van der Waals surface area contributed by atoms with Crippen molar-refractivity contribution in [3.63, 3.8) is 0 Å². The van der Waals surface area contributed by atoms with Crippen molar-refractivity contribution in [2.75, 3.05) is 13.7 Å². The standard InChI is InChI=1S/C16H24N2O2/c1-20-15-9-5-6-13(10-15)11-17-12-16(19)18-14-7-3-2-4-8-14/h5-6,9-10,14,17H,2-4,7-8,11-12H2,1H3,(H,18,19). The third kappa shape index (κ3) is 4.85. The molecule has 0 unspecified atom stereocenters. The molecule has 110 valence electrons. The van der Waals surface area contributed by atoms with E-state index in [9.17, 15) is 4.79 Å². The molecule has 2 rings (SSSR count). The number of amides is 1. The van der Waals surface area contributed by atoms with Gasteiger partial charge in [0.05, 0.1) is 13.7 Å². The molecule has 1 saturated carbocycles. The van der Waals surface area contributed by atoms with Crippen LogP contribution in [0.25, 0.3) is 0 Å². The Kier molecular flexibility index (Phi) is 5.87. The summed E-state index contributed by atoms with van der Waals surface area (Å²) in [5, 5.41) is 6.28. The lowest BCUT2D eigenvalue weighted by Crippen LogP contribution is -2.41. The number of carbonyl (C=O) groups is 1. The van der Waals surface area contributed by atoms with Gasteiger partial charge in [0.25, 0.3) is 0 Å². The van der Waals surface area contributed by atoms with E-state index in [4.69, 9.17) is 4.74 Å². The van der Waals surface area contributed by atoms with Gasteiger partial charge in [-0.25, -0.2) is 0 Å². The summed E-state index contributed by atoms with van der Waals surface area (Å²) < 4.78 is 5.18. The van der Waals surface area contributed by atoms with Crippen molar-refractivity contribution in [2.45, 2.75) is 44.7 Å². The average Bonchev–Trinajstić information content (AvgIpc) is 2.48. The summed E-state index contributed by atoms with van der Waals surface area (Å²) in [4.78, 5) is 11.8. The molecule has 4 nitrogen and oxygen atoms in total. The van der Waals surface area contributed by atoms with E-state index < -0.39 is 0 Å². The highest BCUT2D eigenvalue weighted by atomic mass is 16.5. The van der Waals surface area contributed by atoms with Crippen LogP contribution in [-0.4, -0.2) is 25.6 Å². The first kappa shape index (κ1) is 14.9. The summed E-state index contributed by atoms with van der Waals surface area (Å²) in [5.41, 5.74) is 1.12. The molecule has 0 heterocycles. The maximum absolute atomic E-state index is 11.8. The first-order valence-electron chi connectivity index (χ1n) is 7.41. The van der Waals surface area contributed by atoms with Crippen LogP contribution in [0.15, 0.2) is 24.3 Å². The number of nitrogens with one attached hydrogen (secondary N) is 2. The third-order valence-electron chi connectivity index (χ3n) is 3.72. The van der Waals surface area contributed by atoms with Gasteiger partial charge in [0.2, 0.25) is 5.91 Å². The maximum Gasteiger partial charge on any atom is 0.234 e. The smallest absolute Gasteiger partial charge is 0.234 e. The van der Waals surface area contributed by atoms with E-state index >= 15 is 0 Å². The van der Waals surface area contributed by atoms with Crippen molar-refractivity contribution in [3.05, 3.63) is 29.8 Å². The van der Waals surface area contributed by atoms with E-state index in [0.29, 0.717) is 19.1 Å². The Hall–Kier alpha value is -1.55. The number of hydrogen-bond donors (Lipinski definition) is 2. The molecular weight excluding hydrogens is 252 g/mol. The minimum absolute atomic E-state index is 0.0970. The zero-order valence-corrected chi connectivity index (χ0v) is 12.2. The van der Waals surface area contributed by atoms with Gasteiger partial charge in [-0.2, -0.15) is 0 Å². The molecule has 0 spiro atoms. The second-order valence-electron chi connectivity index (χ2n) is 5.36. The quantitative estimate of drug-likeness (QED) is 0.837. The predicted octanol–water partition coefficient (Wildman–Crippen LogP) is 2.23. The molecule has 1 aromatic carbocycles. The molecular formula is C16H24N2O2. The second-order valence-corrected chi connectivity index (χ2v) is 5.36. The molecule has 20 heavy (non-hydrogen) atoms. The molecule has 1 aromatic rings. The number of methoxy groups -OCH3 is 1. The summed E-state index contributed by atoms with van der Waals surface area (Å²) in [6.07, 6.45) is 6.04. The first-order chi connectivity index (χ1) is 9.78. The molecule has 4 heteroatoms. The van der Waals surface area contributed by atoms with Crippen LogP contribution in [0.2, 0.25) is 0 Å². The molecule has 0 atom stereocenters. The third-order valence-corrected chi connectivity index (χ3v) is 3.72. The summed E-state index contributed by atoms with van der Waals surface area (Å²) in [7, 11) is 1.66. The average molecular weight is 276 g/mol. The minimum atomic E-state index is 0.0970. The highest BCUT2D eigenvalue weighted by molar-refractivity contribution is 5.78. The Balaban J connectivity index is 1.67. The van der Waals surface area contributed by atoms with Crippen LogP contribution in [0.3, 0.4) is 0 Å². The fourth-order valence-electron chi connectivity index (χ4n) is 2.63. The fraction of sp³-hybridized carbons (Fsp3) is 0.562. The lowest BCUT2D eigenvalue weighted by molar-refractivity contribution is -0.121. The lowest BCUT2D eigenvalue weighted by atomic mass is 9.95. The highest BCUT2D eigenvalue weighted by Gasteiger charge is 2.15. The van der Waals surface area contributed by atoms with Gasteiger partial charge in [-0.1, -0.05) is 31.4 Å². The maximum atomic E-state index is 11.8. The van der Waals surface area contributed by atoms with Crippen LogP contribution < -0.4 is 15.4 Å². The van der Waals surface area contributed by atoms with Crippen LogP contribution in [-0.2, 0) is 11.3 Å². The van der Waals surface area contributed by atoms with E-state index in [1.165, 1.54) is 19.3 Å². The Morgan fingerprint density at radius 3 is 2.85 bits per heavy atom. The molecule has 0 saturated heterocycles. The number of rotatable bonds is 6. The van der Waals surface area contributed by atoms with Gasteiger partial charge in [0.15, 0.2) is 0 Å². The fourth-order valence-corrected chi connectivity index (χ4v) is 2.63. The van der Waals surface area contributed by atoms with E-state index in [1.54, 1.807) is 7.11 Å². The molecule has 0 aliphatic heterocycles. The summed E-state index contributed by atoms with van der Waals surface area (Å²) >= 11 is 0. The molecule has 1 amide bonds. The van der Waals surface area contributed by atoms with Gasteiger partial charge in [-0.3, -0.25) is 4.79 Å². The summed E-state index contributed by atoms with van der Waals surface area (Å²) in [5.74, 6) is 0.941. The minimum Gasteiger partial charge on any atom is -0.497 e.